The summed E-state index contributed by atoms with van der Waals surface area (Å²) in [5.41, 5.74) is 2.16. The number of carbonyl (C=O) groups excluding carboxylic acids is 2. The van der Waals surface area contributed by atoms with Crippen molar-refractivity contribution in [3.05, 3.63) is 80.8 Å². The predicted molar refractivity (Wildman–Crippen MR) is 126 cm³/mol. The van der Waals surface area contributed by atoms with Gasteiger partial charge in [-0.05, 0) is 47.7 Å². The number of ketones is 1. The number of aliphatic hydroxyl groups is 1. The summed E-state index contributed by atoms with van der Waals surface area (Å²) < 4.78 is 0. The molecule has 6 nitrogen and oxygen atoms in total. The van der Waals surface area contributed by atoms with E-state index in [4.69, 9.17) is 11.6 Å². The first-order chi connectivity index (χ1) is 15.1. The molecule has 0 radical (unpaired) electrons. The van der Waals surface area contributed by atoms with Crippen LogP contribution in [0.15, 0.2) is 54.1 Å². The number of aryl methyl sites for hydroxylation is 1. The molecule has 3 aromatic rings. The van der Waals surface area contributed by atoms with Crippen LogP contribution in [-0.2, 0) is 15.0 Å². The maximum Gasteiger partial charge on any atom is 0.301 e. The molecule has 8 heteroatoms. The Morgan fingerprint density at radius 3 is 2.19 bits per heavy atom. The summed E-state index contributed by atoms with van der Waals surface area (Å²) >= 11 is 7.19. The number of carbonyl (C=O) groups is 2. The first-order valence-corrected chi connectivity index (χ1v) is 11.2. The van der Waals surface area contributed by atoms with Crippen molar-refractivity contribution in [2.75, 3.05) is 4.90 Å². The van der Waals surface area contributed by atoms with Crippen molar-refractivity contribution < 1.29 is 14.7 Å². The average Bonchev–Trinajstić information content (AvgIpc) is 3.28. The number of aliphatic hydroxyl groups excluding tert-OH is 1. The normalized spacial score (nSPS) is 18.4. The summed E-state index contributed by atoms with van der Waals surface area (Å²) in [7, 11) is 0. The zero-order chi connectivity index (χ0) is 23.2. The van der Waals surface area contributed by atoms with Gasteiger partial charge in [-0.15, -0.1) is 10.2 Å². The Labute approximate surface area is 195 Å². The summed E-state index contributed by atoms with van der Waals surface area (Å²) in [5.74, 6) is -1.77. The molecule has 1 aliphatic rings. The molecule has 0 bridgehead atoms. The van der Waals surface area contributed by atoms with Gasteiger partial charge in [0.25, 0.3) is 5.78 Å². The molecule has 2 heterocycles. The van der Waals surface area contributed by atoms with Crippen LogP contribution >= 0.6 is 22.9 Å². The fourth-order valence-corrected chi connectivity index (χ4v) is 4.50. The van der Waals surface area contributed by atoms with E-state index in [0.717, 1.165) is 5.56 Å². The summed E-state index contributed by atoms with van der Waals surface area (Å²) in [6.07, 6.45) is 0. The Morgan fingerprint density at radius 2 is 1.66 bits per heavy atom. The highest BCUT2D eigenvalue weighted by Crippen LogP contribution is 2.43. The van der Waals surface area contributed by atoms with E-state index in [0.29, 0.717) is 26.3 Å². The molecule has 1 aromatic heterocycles. The van der Waals surface area contributed by atoms with Crippen LogP contribution in [0, 0.1) is 6.92 Å². The van der Waals surface area contributed by atoms with E-state index in [1.54, 1.807) is 31.2 Å². The molecule has 32 heavy (non-hydrogen) atoms. The van der Waals surface area contributed by atoms with Crippen LogP contribution in [0.5, 0.6) is 0 Å². The second-order valence-corrected chi connectivity index (χ2v) is 10.2. The number of aromatic nitrogens is 2. The third-order valence-corrected chi connectivity index (χ3v) is 6.47. The summed E-state index contributed by atoms with van der Waals surface area (Å²) in [6, 6.07) is 13.3. The zero-order valence-electron chi connectivity index (χ0n) is 18.1. The highest BCUT2D eigenvalue weighted by atomic mass is 35.5. The van der Waals surface area contributed by atoms with E-state index in [2.05, 4.69) is 31.0 Å². The van der Waals surface area contributed by atoms with Crippen LogP contribution in [-0.4, -0.2) is 27.0 Å². The fourth-order valence-electron chi connectivity index (χ4n) is 3.66. The van der Waals surface area contributed by atoms with E-state index in [1.807, 2.05) is 24.3 Å². The lowest BCUT2D eigenvalue weighted by Crippen LogP contribution is -2.29. The predicted octanol–water partition coefficient (Wildman–Crippen LogP) is 5.42. The standard InChI is InChI=1S/C24H22ClN3O3S/c1-13-26-27-23(32-13)28-19(14-5-9-16(10-6-14)24(2,3)4)18(21(30)22(28)31)20(29)15-7-11-17(25)12-8-15/h5-12,19,29H,1-4H3/t19-/m0/s1. The van der Waals surface area contributed by atoms with Gasteiger partial charge in [0.1, 0.15) is 10.8 Å². The maximum absolute atomic E-state index is 13.1. The number of benzene rings is 2. The van der Waals surface area contributed by atoms with E-state index < -0.39 is 17.7 Å². The largest absolute Gasteiger partial charge is 0.507 e. The van der Waals surface area contributed by atoms with Crippen LogP contribution < -0.4 is 4.90 Å². The highest BCUT2D eigenvalue weighted by molar-refractivity contribution is 7.15. The molecule has 1 N–H and O–H groups in total. The number of rotatable bonds is 3. The molecule has 1 atom stereocenters. The summed E-state index contributed by atoms with van der Waals surface area (Å²) in [6.45, 7) is 8.11. The van der Waals surface area contributed by atoms with Gasteiger partial charge < -0.3 is 5.11 Å². The van der Waals surface area contributed by atoms with Gasteiger partial charge in [0, 0.05) is 10.6 Å². The zero-order valence-corrected chi connectivity index (χ0v) is 19.7. The first-order valence-electron chi connectivity index (χ1n) is 10.1. The molecule has 2 aromatic carbocycles. The number of amides is 1. The lowest BCUT2D eigenvalue weighted by molar-refractivity contribution is -0.132. The SMILES string of the molecule is Cc1nnc(N2C(=O)C(=O)C(=C(O)c3ccc(Cl)cc3)[C@@H]2c2ccc(C(C)(C)C)cc2)s1. The van der Waals surface area contributed by atoms with Crippen molar-refractivity contribution in [2.24, 2.45) is 0 Å². The van der Waals surface area contributed by atoms with Crippen LogP contribution in [0.25, 0.3) is 5.76 Å². The number of Topliss-reactive ketones (excluding diaryl/α,β-unsaturated/α-hetero) is 1. The Hall–Kier alpha value is -3.03. The molecular formula is C24H22ClN3O3S. The van der Waals surface area contributed by atoms with E-state index >= 15 is 0 Å². The maximum atomic E-state index is 13.1. The van der Waals surface area contributed by atoms with Crippen LogP contribution in [0.1, 0.15) is 48.5 Å². The molecule has 1 saturated heterocycles. The molecule has 4 rings (SSSR count). The Balaban J connectivity index is 1.91. The fraction of sp³-hybridized carbons (Fsp3) is 0.250. The number of hydrogen-bond acceptors (Lipinski definition) is 6. The summed E-state index contributed by atoms with van der Waals surface area (Å²) in [4.78, 5) is 27.5. The summed E-state index contributed by atoms with van der Waals surface area (Å²) in [5, 5.41) is 20.7. The molecule has 0 aliphatic carbocycles. The van der Waals surface area contributed by atoms with Crippen molar-refractivity contribution in [1.82, 2.24) is 10.2 Å². The number of nitrogens with zero attached hydrogens (tertiary/aromatic N) is 3. The van der Waals surface area contributed by atoms with Gasteiger partial charge >= 0.3 is 5.91 Å². The van der Waals surface area contributed by atoms with Gasteiger partial charge in [0.2, 0.25) is 5.13 Å². The van der Waals surface area contributed by atoms with E-state index in [-0.39, 0.29) is 16.7 Å². The minimum atomic E-state index is -0.827. The molecule has 0 saturated carbocycles. The van der Waals surface area contributed by atoms with Gasteiger partial charge in [-0.3, -0.25) is 14.5 Å². The lowest BCUT2D eigenvalue weighted by atomic mass is 9.85. The lowest BCUT2D eigenvalue weighted by Gasteiger charge is -2.24. The van der Waals surface area contributed by atoms with Crippen molar-refractivity contribution in [2.45, 2.75) is 39.2 Å². The van der Waals surface area contributed by atoms with Gasteiger partial charge in [-0.2, -0.15) is 0 Å². The molecular weight excluding hydrogens is 446 g/mol. The minimum Gasteiger partial charge on any atom is -0.507 e. The van der Waals surface area contributed by atoms with Gasteiger partial charge in [-0.1, -0.05) is 68.0 Å². The molecule has 1 fully saturated rings. The van der Waals surface area contributed by atoms with E-state index in [9.17, 15) is 14.7 Å². The molecule has 1 amide bonds. The second kappa shape index (κ2) is 8.15. The molecule has 164 valence electrons. The minimum absolute atomic E-state index is 0.00804. The van der Waals surface area contributed by atoms with Gasteiger partial charge in [-0.25, -0.2) is 0 Å². The van der Waals surface area contributed by atoms with Crippen LogP contribution in [0.4, 0.5) is 5.13 Å². The monoisotopic (exact) mass is 467 g/mol. The topological polar surface area (TPSA) is 83.4 Å². The van der Waals surface area contributed by atoms with Crippen LogP contribution in [0.3, 0.4) is 0 Å². The van der Waals surface area contributed by atoms with Gasteiger partial charge in [0.05, 0.1) is 11.6 Å². The molecule has 0 unspecified atom stereocenters. The number of halogens is 1. The van der Waals surface area contributed by atoms with Crippen molar-refractivity contribution in [3.63, 3.8) is 0 Å². The number of anilines is 1. The smallest absolute Gasteiger partial charge is 0.301 e. The first kappa shape index (κ1) is 22.2. The molecule has 1 aliphatic heterocycles. The molecule has 0 spiro atoms. The Morgan fingerprint density at radius 1 is 1.03 bits per heavy atom. The van der Waals surface area contributed by atoms with Gasteiger partial charge in [0.15, 0.2) is 0 Å². The average molecular weight is 468 g/mol. The highest BCUT2D eigenvalue weighted by Gasteiger charge is 2.48. The Kier molecular flexibility index (Phi) is 5.65. The second-order valence-electron chi connectivity index (χ2n) is 8.65. The quantitative estimate of drug-likeness (QED) is 0.315. The van der Waals surface area contributed by atoms with Crippen molar-refractivity contribution in [3.8, 4) is 0 Å². The third-order valence-electron chi connectivity index (χ3n) is 5.38. The number of hydrogen-bond donors (Lipinski definition) is 1. The van der Waals surface area contributed by atoms with E-state index in [1.165, 1.54) is 16.2 Å². The van der Waals surface area contributed by atoms with Crippen LogP contribution in [0.2, 0.25) is 5.02 Å². The van der Waals surface area contributed by atoms with Crippen molar-refractivity contribution >= 4 is 45.5 Å². The van der Waals surface area contributed by atoms with Crippen molar-refractivity contribution in [1.29, 1.82) is 0 Å². The Bertz CT molecular complexity index is 1220. The third kappa shape index (κ3) is 3.94.